The molecule has 2 N–H and O–H groups in total. The Morgan fingerprint density at radius 1 is 1.27 bits per heavy atom. The van der Waals surface area contributed by atoms with Gasteiger partial charge in [0, 0.05) is 17.6 Å². The Labute approximate surface area is 189 Å². The summed E-state index contributed by atoms with van der Waals surface area (Å²) in [5.74, 6) is 0.479. The van der Waals surface area contributed by atoms with Gasteiger partial charge < -0.3 is 15.2 Å². The molecule has 0 saturated heterocycles. The van der Waals surface area contributed by atoms with Crippen molar-refractivity contribution in [3.63, 3.8) is 0 Å². The molecule has 2 aromatic rings. The van der Waals surface area contributed by atoms with E-state index in [1.54, 1.807) is 18.2 Å². The highest BCUT2D eigenvalue weighted by Crippen LogP contribution is 2.22. The van der Waals surface area contributed by atoms with Crippen LogP contribution in [0.1, 0.15) is 41.9 Å². The van der Waals surface area contributed by atoms with E-state index in [1.165, 1.54) is 30.7 Å². The zero-order valence-electron chi connectivity index (χ0n) is 16.4. The number of aromatic nitrogens is 3. The number of benzene rings is 1. The van der Waals surface area contributed by atoms with Crippen LogP contribution in [0.3, 0.4) is 0 Å². The molecule has 0 spiro atoms. The lowest BCUT2D eigenvalue weighted by Crippen LogP contribution is -2.33. The van der Waals surface area contributed by atoms with E-state index in [2.05, 4.69) is 27.4 Å². The molecule has 1 aliphatic rings. The summed E-state index contributed by atoms with van der Waals surface area (Å²) in [6.07, 6.45) is 6.15. The van der Waals surface area contributed by atoms with Gasteiger partial charge in [0.2, 0.25) is 5.91 Å². The number of thioether (sulfide) groups is 1. The van der Waals surface area contributed by atoms with Crippen molar-refractivity contribution in [2.24, 2.45) is 0 Å². The Hall–Kier alpha value is -2.03. The number of nitrogens with one attached hydrogen (secondary N) is 2. The first kappa shape index (κ1) is 22.7. The molecule has 0 atom stereocenters. The van der Waals surface area contributed by atoms with Crippen molar-refractivity contribution in [1.82, 2.24) is 25.4 Å². The standard InChI is InChI=1S/C20H23Cl2N5O2S/c1-2-9-27-17(11-23-19(29)15-8-7-13(21)10-16(15)22)25-26-20(27)30-12-18(28)24-14-5-3-4-6-14/h2,7-8,10,14H,1,3-6,9,11-12H2,(H,23,29)(H,24,28). The summed E-state index contributed by atoms with van der Waals surface area (Å²) in [4.78, 5) is 24.6. The molecular weight excluding hydrogens is 445 g/mol. The highest BCUT2D eigenvalue weighted by molar-refractivity contribution is 7.99. The van der Waals surface area contributed by atoms with Crippen LogP contribution in [-0.4, -0.2) is 38.4 Å². The first-order valence-electron chi connectivity index (χ1n) is 9.66. The van der Waals surface area contributed by atoms with E-state index >= 15 is 0 Å². The average molecular weight is 468 g/mol. The molecule has 0 aliphatic heterocycles. The van der Waals surface area contributed by atoms with Gasteiger partial charge in [0.15, 0.2) is 11.0 Å². The van der Waals surface area contributed by atoms with E-state index in [0.29, 0.717) is 28.1 Å². The smallest absolute Gasteiger partial charge is 0.253 e. The van der Waals surface area contributed by atoms with Crippen molar-refractivity contribution in [2.45, 2.75) is 50.0 Å². The number of carbonyl (C=O) groups is 2. The summed E-state index contributed by atoms with van der Waals surface area (Å²) in [6.45, 7) is 4.39. The van der Waals surface area contributed by atoms with Crippen LogP contribution < -0.4 is 10.6 Å². The number of halogens is 2. The zero-order chi connectivity index (χ0) is 21.5. The molecule has 30 heavy (non-hydrogen) atoms. The second kappa shape index (κ2) is 10.8. The number of amides is 2. The van der Waals surface area contributed by atoms with Gasteiger partial charge in [-0.15, -0.1) is 16.8 Å². The summed E-state index contributed by atoms with van der Waals surface area (Å²) >= 11 is 13.3. The molecule has 0 radical (unpaired) electrons. The van der Waals surface area contributed by atoms with Crippen molar-refractivity contribution in [3.05, 3.63) is 52.3 Å². The fourth-order valence-corrected chi connectivity index (χ4v) is 4.54. The summed E-state index contributed by atoms with van der Waals surface area (Å²) in [6, 6.07) is 4.98. The van der Waals surface area contributed by atoms with Gasteiger partial charge in [0.25, 0.3) is 5.91 Å². The van der Waals surface area contributed by atoms with E-state index in [1.807, 2.05) is 4.57 Å². The Kier molecular flexibility index (Phi) is 8.18. The topological polar surface area (TPSA) is 88.9 Å². The highest BCUT2D eigenvalue weighted by atomic mass is 35.5. The molecule has 1 saturated carbocycles. The van der Waals surface area contributed by atoms with Gasteiger partial charge in [0.05, 0.1) is 22.9 Å². The van der Waals surface area contributed by atoms with Gasteiger partial charge in [-0.1, -0.05) is 53.9 Å². The summed E-state index contributed by atoms with van der Waals surface area (Å²) in [5, 5.41) is 15.5. The van der Waals surface area contributed by atoms with Gasteiger partial charge in [0.1, 0.15) is 0 Å². The Morgan fingerprint density at radius 3 is 2.73 bits per heavy atom. The molecule has 1 aromatic carbocycles. The van der Waals surface area contributed by atoms with Crippen LogP contribution in [-0.2, 0) is 17.9 Å². The molecule has 7 nitrogen and oxygen atoms in total. The van der Waals surface area contributed by atoms with Gasteiger partial charge in [-0.2, -0.15) is 0 Å². The third-order valence-electron chi connectivity index (χ3n) is 4.74. The maximum Gasteiger partial charge on any atom is 0.253 e. The second-order valence-electron chi connectivity index (χ2n) is 6.94. The molecule has 1 aliphatic carbocycles. The average Bonchev–Trinajstić information content (AvgIpc) is 3.35. The summed E-state index contributed by atoms with van der Waals surface area (Å²) < 4.78 is 1.82. The van der Waals surface area contributed by atoms with E-state index in [4.69, 9.17) is 23.2 Å². The van der Waals surface area contributed by atoms with Crippen molar-refractivity contribution in [3.8, 4) is 0 Å². The number of nitrogens with zero attached hydrogens (tertiary/aromatic N) is 3. The van der Waals surface area contributed by atoms with Gasteiger partial charge in [-0.25, -0.2) is 0 Å². The molecule has 0 bridgehead atoms. The predicted molar refractivity (Wildman–Crippen MR) is 119 cm³/mol. The number of carbonyl (C=O) groups excluding carboxylic acids is 2. The zero-order valence-corrected chi connectivity index (χ0v) is 18.7. The molecular formula is C20H23Cl2N5O2S. The normalized spacial score (nSPS) is 13.9. The first-order chi connectivity index (χ1) is 14.5. The second-order valence-corrected chi connectivity index (χ2v) is 8.73. The minimum Gasteiger partial charge on any atom is -0.353 e. The number of hydrogen-bond acceptors (Lipinski definition) is 5. The van der Waals surface area contributed by atoms with Crippen LogP contribution in [0.2, 0.25) is 10.0 Å². The van der Waals surface area contributed by atoms with Crippen molar-refractivity contribution in [1.29, 1.82) is 0 Å². The Balaban J connectivity index is 1.59. The molecule has 1 aromatic heterocycles. The third-order valence-corrected chi connectivity index (χ3v) is 6.26. The molecule has 0 unspecified atom stereocenters. The highest BCUT2D eigenvalue weighted by Gasteiger charge is 2.19. The minimum atomic E-state index is -0.338. The number of hydrogen-bond donors (Lipinski definition) is 2. The van der Waals surface area contributed by atoms with E-state index in [9.17, 15) is 9.59 Å². The molecule has 3 rings (SSSR count). The fraction of sp³-hybridized carbons (Fsp3) is 0.400. The van der Waals surface area contributed by atoms with E-state index in [0.717, 1.165) is 12.8 Å². The quantitative estimate of drug-likeness (QED) is 0.431. The number of rotatable bonds is 9. The number of allylic oxidation sites excluding steroid dienone is 1. The summed E-state index contributed by atoms with van der Waals surface area (Å²) in [7, 11) is 0. The van der Waals surface area contributed by atoms with Crippen LogP contribution >= 0.6 is 35.0 Å². The summed E-state index contributed by atoms with van der Waals surface area (Å²) in [5.41, 5.74) is 0.328. The molecule has 1 fully saturated rings. The maximum atomic E-state index is 12.4. The van der Waals surface area contributed by atoms with Gasteiger partial charge in [-0.3, -0.25) is 9.59 Å². The largest absolute Gasteiger partial charge is 0.353 e. The monoisotopic (exact) mass is 467 g/mol. The SMILES string of the molecule is C=CCn1c(CNC(=O)c2ccc(Cl)cc2Cl)nnc1SCC(=O)NC1CCCC1. The van der Waals surface area contributed by atoms with Crippen LogP contribution in [0.15, 0.2) is 36.0 Å². The van der Waals surface area contributed by atoms with Gasteiger partial charge in [-0.05, 0) is 31.0 Å². The van der Waals surface area contributed by atoms with Crippen molar-refractivity contribution in [2.75, 3.05) is 5.75 Å². The van der Waals surface area contributed by atoms with Crippen LogP contribution in [0.4, 0.5) is 0 Å². The van der Waals surface area contributed by atoms with Gasteiger partial charge >= 0.3 is 0 Å². The molecule has 10 heteroatoms. The first-order valence-corrected chi connectivity index (χ1v) is 11.4. The molecule has 2 amide bonds. The lowest BCUT2D eigenvalue weighted by Gasteiger charge is -2.12. The lowest BCUT2D eigenvalue weighted by atomic mass is 10.2. The minimum absolute atomic E-state index is 0.00714. The van der Waals surface area contributed by atoms with E-state index < -0.39 is 0 Å². The van der Waals surface area contributed by atoms with Crippen molar-refractivity contribution >= 4 is 46.8 Å². The van der Waals surface area contributed by atoms with Crippen LogP contribution in [0, 0.1) is 0 Å². The fourth-order valence-electron chi connectivity index (χ4n) is 3.27. The molecule has 1 heterocycles. The molecule has 160 valence electrons. The predicted octanol–water partition coefficient (Wildman–Crippen LogP) is 3.85. The lowest BCUT2D eigenvalue weighted by molar-refractivity contribution is -0.119. The Bertz CT molecular complexity index is 928. The van der Waals surface area contributed by atoms with E-state index in [-0.39, 0.29) is 35.2 Å². The van der Waals surface area contributed by atoms with Crippen LogP contribution in [0.25, 0.3) is 0 Å². The Morgan fingerprint density at radius 2 is 2.03 bits per heavy atom. The van der Waals surface area contributed by atoms with Crippen LogP contribution in [0.5, 0.6) is 0 Å². The third kappa shape index (κ3) is 6.00. The van der Waals surface area contributed by atoms with Crippen molar-refractivity contribution < 1.29 is 9.59 Å². The maximum absolute atomic E-state index is 12.4.